The van der Waals surface area contributed by atoms with Gasteiger partial charge in [-0.25, -0.2) is 0 Å². The normalized spacial score (nSPS) is 14.7. The molecular weight excluding hydrogens is 406 g/mol. The SMILES string of the molecule is COc1ccc(C=C2Oc3c(ccc([O-])c3C[NH+](C)Cc3ccccc3)C2=O)c(OC)c1. The van der Waals surface area contributed by atoms with E-state index in [1.165, 1.54) is 11.6 Å². The monoisotopic (exact) mass is 431 g/mol. The first-order chi connectivity index (χ1) is 15.5. The van der Waals surface area contributed by atoms with Crippen LogP contribution in [0.4, 0.5) is 0 Å². The predicted octanol–water partition coefficient (Wildman–Crippen LogP) is 2.61. The molecule has 0 radical (unpaired) electrons. The largest absolute Gasteiger partial charge is 0.872 e. The van der Waals surface area contributed by atoms with E-state index in [4.69, 9.17) is 14.2 Å². The highest BCUT2D eigenvalue weighted by Crippen LogP contribution is 2.39. The van der Waals surface area contributed by atoms with Crippen LogP contribution in [-0.2, 0) is 13.1 Å². The molecule has 1 unspecified atom stereocenters. The van der Waals surface area contributed by atoms with Gasteiger partial charge in [-0.2, -0.15) is 0 Å². The minimum absolute atomic E-state index is 0.132. The van der Waals surface area contributed by atoms with Gasteiger partial charge in [0, 0.05) is 22.8 Å². The van der Waals surface area contributed by atoms with Crippen molar-refractivity contribution in [1.82, 2.24) is 0 Å². The zero-order valence-electron chi connectivity index (χ0n) is 18.3. The number of methoxy groups -OCH3 is 2. The maximum atomic E-state index is 13.0. The number of ketones is 1. The minimum atomic E-state index is -0.250. The average Bonchev–Trinajstić information content (AvgIpc) is 3.12. The molecule has 32 heavy (non-hydrogen) atoms. The number of nitrogens with one attached hydrogen (secondary N) is 1. The summed E-state index contributed by atoms with van der Waals surface area (Å²) in [5, 5.41) is 12.7. The Hall–Kier alpha value is -3.77. The zero-order chi connectivity index (χ0) is 22.7. The summed E-state index contributed by atoms with van der Waals surface area (Å²) in [5.41, 5.74) is 2.77. The van der Waals surface area contributed by atoms with E-state index in [2.05, 4.69) is 12.1 Å². The Kier molecular flexibility index (Phi) is 6.14. The second-order valence-electron chi connectivity index (χ2n) is 7.76. The van der Waals surface area contributed by atoms with Crippen molar-refractivity contribution < 1.29 is 29.0 Å². The molecule has 0 bridgehead atoms. The molecule has 1 heterocycles. The molecule has 0 amide bonds. The van der Waals surface area contributed by atoms with Crippen molar-refractivity contribution in [1.29, 1.82) is 0 Å². The molecule has 0 saturated heterocycles. The highest BCUT2D eigenvalue weighted by molar-refractivity contribution is 6.15. The van der Waals surface area contributed by atoms with E-state index in [-0.39, 0.29) is 17.3 Å². The van der Waals surface area contributed by atoms with Crippen molar-refractivity contribution >= 4 is 11.9 Å². The molecule has 1 aliphatic rings. The van der Waals surface area contributed by atoms with E-state index in [1.807, 2.05) is 25.2 Å². The van der Waals surface area contributed by atoms with E-state index in [1.54, 1.807) is 44.6 Å². The number of benzene rings is 3. The molecule has 0 fully saturated rings. The van der Waals surface area contributed by atoms with Gasteiger partial charge < -0.3 is 24.2 Å². The van der Waals surface area contributed by atoms with Crippen LogP contribution in [0.1, 0.15) is 27.0 Å². The van der Waals surface area contributed by atoms with Gasteiger partial charge in [0.2, 0.25) is 5.78 Å². The number of quaternary nitrogens is 1. The molecule has 6 heteroatoms. The molecule has 4 rings (SSSR count). The van der Waals surface area contributed by atoms with Crippen LogP contribution in [0.5, 0.6) is 23.0 Å². The Morgan fingerprint density at radius 1 is 1.00 bits per heavy atom. The van der Waals surface area contributed by atoms with Crippen molar-refractivity contribution in [3.8, 4) is 23.0 Å². The fraction of sp³-hybridized carbons (Fsp3) is 0.192. The van der Waals surface area contributed by atoms with E-state index in [0.29, 0.717) is 40.5 Å². The Balaban J connectivity index is 1.62. The van der Waals surface area contributed by atoms with Crippen molar-refractivity contribution in [3.63, 3.8) is 0 Å². The standard InChI is InChI=1S/C26H25NO5/c1-27(15-17-7-5-4-6-8-17)16-21-22(28)12-11-20-25(29)24(32-26(20)21)13-18-9-10-19(30-2)14-23(18)31-3/h4-14,28H,15-16H2,1-3H3. The van der Waals surface area contributed by atoms with Crippen LogP contribution >= 0.6 is 0 Å². The average molecular weight is 431 g/mol. The number of fused-ring (bicyclic) bond motifs is 1. The lowest BCUT2D eigenvalue weighted by atomic mass is 10.0. The second kappa shape index (κ2) is 9.16. The third-order valence-electron chi connectivity index (χ3n) is 5.45. The van der Waals surface area contributed by atoms with Crippen LogP contribution in [0.25, 0.3) is 6.08 Å². The van der Waals surface area contributed by atoms with E-state index in [0.717, 1.165) is 11.4 Å². The van der Waals surface area contributed by atoms with Gasteiger partial charge in [-0.1, -0.05) is 42.1 Å². The van der Waals surface area contributed by atoms with Crippen molar-refractivity contribution in [2.45, 2.75) is 13.1 Å². The van der Waals surface area contributed by atoms with Crippen LogP contribution in [0.3, 0.4) is 0 Å². The third kappa shape index (κ3) is 4.31. The van der Waals surface area contributed by atoms with Gasteiger partial charge in [-0.05, 0) is 24.3 Å². The summed E-state index contributed by atoms with van der Waals surface area (Å²) in [6.45, 7) is 1.20. The summed E-state index contributed by atoms with van der Waals surface area (Å²) >= 11 is 0. The van der Waals surface area contributed by atoms with Crippen molar-refractivity contribution in [3.05, 3.63) is 88.7 Å². The van der Waals surface area contributed by atoms with Crippen LogP contribution in [0.15, 0.2) is 66.4 Å². The van der Waals surface area contributed by atoms with Crippen LogP contribution in [0, 0.1) is 0 Å². The second-order valence-corrected chi connectivity index (χ2v) is 7.76. The maximum Gasteiger partial charge on any atom is 0.231 e. The molecule has 1 aliphatic heterocycles. The van der Waals surface area contributed by atoms with Gasteiger partial charge >= 0.3 is 0 Å². The van der Waals surface area contributed by atoms with Crippen LogP contribution < -0.4 is 24.2 Å². The quantitative estimate of drug-likeness (QED) is 0.583. The van der Waals surface area contributed by atoms with Crippen LogP contribution in [-0.4, -0.2) is 27.1 Å². The minimum Gasteiger partial charge on any atom is -0.872 e. The third-order valence-corrected chi connectivity index (χ3v) is 5.45. The Bertz CT molecular complexity index is 1170. The van der Waals surface area contributed by atoms with Gasteiger partial charge in [-0.3, -0.25) is 4.79 Å². The molecular formula is C26H25NO5. The van der Waals surface area contributed by atoms with E-state index >= 15 is 0 Å². The van der Waals surface area contributed by atoms with E-state index < -0.39 is 0 Å². The summed E-state index contributed by atoms with van der Waals surface area (Å²) in [6.07, 6.45) is 1.63. The molecule has 6 nitrogen and oxygen atoms in total. The Morgan fingerprint density at radius 3 is 2.50 bits per heavy atom. The maximum absolute atomic E-state index is 13.0. The number of ether oxygens (including phenoxy) is 3. The molecule has 1 N–H and O–H groups in total. The zero-order valence-corrected chi connectivity index (χ0v) is 18.3. The number of rotatable bonds is 7. The lowest BCUT2D eigenvalue weighted by Crippen LogP contribution is -3.06. The number of hydrogen-bond donors (Lipinski definition) is 1. The van der Waals surface area contributed by atoms with Gasteiger partial charge in [-0.15, -0.1) is 0 Å². The molecule has 0 aliphatic carbocycles. The number of allylic oxidation sites excluding steroid dienone is 1. The smallest absolute Gasteiger partial charge is 0.231 e. The topological polar surface area (TPSA) is 72.3 Å². The summed E-state index contributed by atoms with van der Waals surface area (Å²) in [4.78, 5) is 14.1. The van der Waals surface area contributed by atoms with Crippen molar-refractivity contribution in [2.24, 2.45) is 0 Å². The Labute approximate surface area is 187 Å². The van der Waals surface area contributed by atoms with Crippen LogP contribution in [0.2, 0.25) is 0 Å². The molecule has 0 saturated carbocycles. The van der Waals surface area contributed by atoms with E-state index in [9.17, 15) is 9.90 Å². The summed E-state index contributed by atoms with van der Waals surface area (Å²) < 4.78 is 16.6. The molecule has 3 aromatic rings. The molecule has 0 aromatic heterocycles. The summed E-state index contributed by atoms with van der Waals surface area (Å²) in [7, 11) is 5.14. The summed E-state index contributed by atoms with van der Waals surface area (Å²) in [5.74, 6) is 1.34. The Morgan fingerprint density at radius 2 is 1.78 bits per heavy atom. The predicted molar refractivity (Wildman–Crippen MR) is 119 cm³/mol. The number of carbonyl (C=O) groups excluding carboxylic acids is 1. The number of Topliss-reactive ketones (excluding diaryl/α,β-unsaturated/α-hetero) is 1. The van der Waals surface area contributed by atoms with Gasteiger partial charge in [0.25, 0.3) is 0 Å². The molecule has 0 spiro atoms. The van der Waals surface area contributed by atoms with Gasteiger partial charge in [0.05, 0.1) is 26.8 Å². The first-order valence-electron chi connectivity index (χ1n) is 10.3. The highest BCUT2D eigenvalue weighted by atomic mass is 16.5. The van der Waals surface area contributed by atoms with Crippen molar-refractivity contribution in [2.75, 3.05) is 21.3 Å². The molecule has 3 aromatic carbocycles. The lowest BCUT2D eigenvalue weighted by Gasteiger charge is -2.20. The lowest BCUT2D eigenvalue weighted by molar-refractivity contribution is -0.907. The highest BCUT2D eigenvalue weighted by Gasteiger charge is 2.31. The fourth-order valence-corrected chi connectivity index (χ4v) is 3.84. The molecule has 1 atom stereocenters. The fourth-order valence-electron chi connectivity index (χ4n) is 3.84. The first kappa shape index (κ1) is 21.5. The van der Waals surface area contributed by atoms with Gasteiger partial charge in [0.1, 0.15) is 30.3 Å². The summed E-state index contributed by atoms with van der Waals surface area (Å²) in [6, 6.07) is 18.4. The number of hydrogen-bond acceptors (Lipinski definition) is 5. The van der Waals surface area contributed by atoms with Gasteiger partial charge in [0.15, 0.2) is 5.76 Å². The number of carbonyl (C=O) groups is 1. The molecule has 164 valence electrons. The first-order valence-corrected chi connectivity index (χ1v) is 10.3.